The zero-order chi connectivity index (χ0) is 12.7. The second-order valence-electron chi connectivity index (χ2n) is 4.96. The third-order valence-electron chi connectivity index (χ3n) is 2.37. The molecule has 0 fully saturated rings. The largest absolute Gasteiger partial charge is 0.352 e. The lowest BCUT2D eigenvalue weighted by molar-refractivity contribution is -0.125. The zero-order valence-corrected chi connectivity index (χ0v) is 11.0. The molecule has 4 nitrogen and oxygen atoms in total. The van der Waals surface area contributed by atoms with Crippen LogP contribution in [-0.2, 0) is 9.59 Å². The van der Waals surface area contributed by atoms with Crippen LogP contribution in [0.2, 0.25) is 0 Å². The van der Waals surface area contributed by atoms with Crippen molar-refractivity contribution >= 4 is 11.8 Å². The Morgan fingerprint density at radius 3 is 2.06 bits per heavy atom. The van der Waals surface area contributed by atoms with Crippen molar-refractivity contribution in [3.8, 4) is 0 Å². The van der Waals surface area contributed by atoms with Crippen molar-refractivity contribution in [3.05, 3.63) is 0 Å². The number of hydrogen-bond donors (Lipinski definition) is 2. The molecule has 0 spiro atoms. The van der Waals surface area contributed by atoms with E-state index < -0.39 is 0 Å². The fourth-order valence-electron chi connectivity index (χ4n) is 1.47. The molecule has 0 rings (SSSR count). The molecule has 0 aromatic heterocycles. The molecular weight excluding hydrogens is 204 g/mol. The van der Waals surface area contributed by atoms with E-state index in [0.717, 1.165) is 6.42 Å². The minimum atomic E-state index is -0.180. The van der Waals surface area contributed by atoms with Crippen molar-refractivity contribution in [3.63, 3.8) is 0 Å². The number of carbonyl (C=O) groups is 2. The predicted octanol–water partition coefficient (Wildman–Crippen LogP) is 1.31. The topological polar surface area (TPSA) is 58.2 Å². The van der Waals surface area contributed by atoms with Crippen molar-refractivity contribution in [2.45, 2.75) is 47.1 Å². The second-order valence-corrected chi connectivity index (χ2v) is 4.96. The lowest BCUT2D eigenvalue weighted by Gasteiger charge is -2.24. The number of amides is 2. The quantitative estimate of drug-likeness (QED) is 0.720. The van der Waals surface area contributed by atoms with Gasteiger partial charge in [0.1, 0.15) is 0 Å². The summed E-state index contributed by atoms with van der Waals surface area (Å²) in [6, 6.07) is 0.182. The molecule has 0 aromatic carbocycles. The minimum absolute atomic E-state index is 0.0661. The summed E-state index contributed by atoms with van der Waals surface area (Å²) >= 11 is 0. The minimum Gasteiger partial charge on any atom is -0.352 e. The summed E-state index contributed by atoms with van der Waals surface area (Å²) in [5.41, 5.74) is 0. The monoisotopic (exact) mass is 228 g/mol. The number of hydrogen-bond acceptors (Lipinski definition) is 2. The first-order chi connectivity index (χ1) is 7.32. The number of carbonyl (C=O) groups excluding carboxylic acids is 2. The highest BCUT2D eigenvalue weighted by Gasteiger charge is 2.17. The highest BCUT2D eigenvalue weighted by Crippen LogP contribution is 2.12. The zero-order valence-electron chi connectivity index (χ0n) is 11.0. The molecule has 0 aliphatic heterocycles. The molecule has 1 atom stereocenters. The van der Waals surface area contributed by atoms with Gasteiger partial charge >= 0.3 is 0 Å². The Hall–Kier alpha value is -1.06. The Kier molecular flexibility index (Phi) is 6.77. The average molecular weight is 228 g/mol. The summed E-state index contributed by atoms with van der Waals surface area (Å²) in [6.07, 6.45) is 0.962. The summed E-state index contributed by atoms with van der Waals surface area (Å²) in [5, 5.41) is 5.44. The first-order valence-corrected chi connectivity index (χ1v) is 5.86. The van der Waals surface area contributed by atoms with Gasteiger partial charge in [-0.2, -0.15) is 0 Å². The highest BCUT2D eigenvalue weighted by molar-refractivity contribution is 5.83. The van der Waals surface area contributed by atoms with Gasteiger partial charge in [-0.25, -0.2) is 0 Å². The van der Waals surface area contributed by atoms with Gasteiger partial charge in [0.05, 0.1) is 6.54 Å². The van der Waals surface area contributed by atoms with Gasteiger partial charge in [0, 0.05) is 13.0 Å². The molecular formula is C12H24N2O2. The molecule has 4 heteroatoms. The molecule has 0 unspecified atom stereocenters. The lowest BCUT2D eigenvalue weighted by Crippen LogP contribution is -2.44. The van der Waals surface area contributed by atoms with E-state index in [-0.39, 0.29) is 24.4 Å². The van der Waals surface area contributed by atoms with Crippen molar-refractivity contribution in [1.29, 1.82) is 0 Å². The van der Waals surface area contributed by atoms with E-state index in [4.69, 9.17) is 0 Å². The maximum atomic E-state index is 11.5. The van der Waals surface area contributed by atoms with Crippen LogP contribution in [0.15, 0.2) is 0 Å². The third-order valence-corrected chi connectivity index (χ3v) is 2.37. The molecule has 2 N–H and O–H groups in total. The predicted molar refractivity (Wildman–Crippen MR) is 64.9 cm³/mol. The molecule has 94 valence electrons. The van der Waals surface area contributed by atoms with Crippen LogP contribution in [0, 0.1) is 11.8 Å². The number of rotatable bonds is 6. The summed E-state index contributed by atoms with van der Waals surface area (Å²) in [6.45, 7) is 9.92. The summed E-state index contributed by atoms with van der Waals surface area (Å²) in [7, 11) is 0. The maximum Gasteiger partial charge on any atom is 0.239 e. The van der Waals surface area contributed by atoms with Gasteiger partial charge in [0.25, 0.3) is 0 Å². The molecule has 0 saturated carbocycles. The van der Waals surface area contributed by atoms with Crippen LogP contribution in [-0.4, -0.2) is 24.4 Å². The van der Waals surface area contributed by atoms with E-state index >= 15 is 0 Å². The highest BCUT2D eigenvalue weighted by atomic mass is 16.2. The molecule has 0 aromatic rings. The Bertz CT molecular complexity index is 237. The van der Waals surface area contributed by atoms with Crippen LogP contribution in [0.5, 0.6) is 0 Å². The first kappa shape index (κ1) is 14.9. The molecule has 2 amide bonds. The average Bonchev–Trinajstić information content (AvgIpc) is 2.12. The molecule has 0 bridgehead atoms. The standard InChI is InChI=1S/C12H24N2O2/c1-8(2)6-11(9(3)4)14-12(16)7-13-10(5)15/h8-9,11H,6-7H2,1-5H3,(H,13,15)(H,14,16)/t11-/m0/s1. The first-order valence-electron chi connectivity index (χ1n) is 5.86. The smallest absolute Gasteiger partial charge is 0.239 e. The van der Waals surface area contributed by atoms with Gasteiger partial charge in [0.2, 0.25) is 11.8 Å². The van der Waals surface area contributed by atoms with Gasteiger partial charge in [-0.05, 0) is 18.3 Å². The van der Waals surface area contributed by atoms with E-state index in [9.17, 15) is 9.59 Å². The Morgan fingerprint density at radius 1 is 1.12 bits per heavy atom. The maximum absolute atomic E-state index is 11.5. The third kappa shape index (κ3) is 7.26. The number of nitrogens with one attached hydrogen (secondary N) is 2. The fraction of sp³-hybridized carbons (Fsp3) is 0.833. The van der Waals surface area contributed by atoms with Crippen LogP contribution in [0.3, 0.4) is 0 Å². The summed E-state index contributed by atoms with van der Waals surface area (Å²) in [4.78, 5) is 22.2. The van der Waals surface area contributed by atoms with E-state index in [2.05, 4.69) is 38.3 Å². The van der Waals surface area contributed by atoms with E-state index in [1.807, 2.05) is 0 Å². The van der Waals surface area contributed by atoms with E-state index in [1.165, 1.54) is 6.92 Å². The summed E-state index contributed by atoms with van der Waals surface area (Å²) in [5.74, 6) is 0.659. The summed E-state index contributed by atoms with van der Waals surface area (Å²) < 4.78 is 0. The van der Waals surface area contributed by atoms with Crippen LogP contribution in [0.4, 0.5) is 0 Å². The van der Waals surface area contributed by atoms with Gasteiger partial charge < -0.3 is 10.6 Å². The van der Waals surface area contributed by atoms with Crippen LogP contribution in [0.25, 0.3) is 0 Å². The normalized spacial score (nSPS) is 12.7. The molecule has 0 radical (unpaired) electrons. The molecule has 0 saturated heterocycles. The molecule has 0 heterocycles. The Morgan fingerprint density at radius 2 is 1.69 bits per heavy atom. The van der Waals surface area contributed by atoms with E-state index in [1.54, 1.807) is 0 Å². The van der Waals surface area contributed by atoms with Crippen LogP contribution in [0.1, 0.15) is 41.0 Å². The Labute approximate surface area is 98.2 Å². The van der Waals surface area contributed by atoms with Crippen molar-refractivity contribution in [2.24, 2.45) is 11.8 Å². The Balaban J connectivity index is 4.08. The van der Waals surface area contributed by atoms with E-state index in [0.29, 0.717) is 11.8 Å². The molecule has 0 aliphatic carbocycles. The second kappa shape index (κ2) is 7.25. The van der Waals surface area contributed by atoms with Crippen molar-refractivity contribution in [2.75, 3.05) is 6.54 Å². The lowest BCUT2D eigenvalue weighted by atomic mass is 9.94. The van der Waals surface area contributed by atoms with Gasteiger partial charge in [-0.15, -0.1) is 0 Å². The molecule has 16 heavy (non-hydrogen) atoms. The van der Waals surface area contributed by atoms with Crippen LogP contribution < -0.4 is 10.6 Å². The van der Waals surface area contributed by atoms with Crippen LogP contribution >= 0.6 is 0 Å². The SMILES string of the molecule is CC(=O)NCC(=O)N[C@@H](CC(C)C)C(C)C. The molecule has 0 aliphatic rings. The fourth-order valence-corrected chi connectivity index (χ4v) is 1.47. The van der Waals surface area contributed by atoms with Gasteiger partial charge in [-0.3, -0.25) is 9.59 Å². The van der Waals surface area contributed by atoms with Gasteiger partial charge in [0.15, 0.2) is 0 Å². The van der Waals surface area contributed by atoms with Gasteiger partial charge in [-0.1, -0.05) is 27.7 Å². The van der Waals surface area contributed by atoms with Crippen molar-refractivity contribution < 1.29 is 9.59 Å². The van der Waals surface area contributed by atoms with Crippen molar-refractivity contribution in [1.82, 2.24) is 10.6 Å².